The zero-order chi connectivity index (χ0) is 51.7. The highest BCUT2D eigenvalue weighted by Crippen LogP contribution is 2.43. The Labute approximate surface area is 434 Å². The number of hydrogen-bond acceptors (Lipinski definition) is 8. The molecular formula is C61H102NO8P. The van der Waals surface area contributed by atoms with Crippen molar-refractivity contribution in [2.24, 2.45) is 5.73 Å². The Hall–Kier alpha value is -3.59. The van der Waals surface area contributed by atoms with Gasteiger partial charge in [-0.3, -0.25) is 18.6 Å². The molecule has 2 unspecified atom stereocenters. The second-order valence-electron chi connectivity index (χ2n) is 18.1. The zero-order valence-corrected chi connectivity index (χ0v) is 45.8. The normalized spacial score (nSPS) is 14.0. The zero-order valence-electron chi connectivity index (χ0n) is 44.9. The van der Waals surface area contributed by atoms with Crippen molar-refractivity contribution < 1.29 is 37.6 Å². The highest BCUT2D eigenvalue weighted by molar-refractivity contribution is 7.47. The summed E-state index contributed by atoms with van der Waals surface area (Å²) in [5.41, 5.74) is 5.37. The van der Waals surface area contributed by atoms with Gasteiger partial charge in [0.05, 0.1) is 13.2 Å². The number of esters is 2. The number of phosphoric ester groups is 1. The van der Waals surface area contributed by atoms with Crippen LogP contribution in [0.5, 0.6) is 0 Å². The highest BCUT2D eigenvalue weighted by Gasteiger charge is 2.26. The number of hydrogen-bond donors (Lipinski definition) is 2. The van der Waals surface area contributed by atoms with Gasteiger partial charge in [-0.25, -0.2) is 4.57 Å². The van der Waals surface area contributed by atoms with Crippen molar-refractivity contribution in [1.82, 2.24) is 0 Å². The molecule has 0 aliphatic carbocycles. The number of unbranched alkanes of at least 4 members (excludes halogenated alkanes) is 18. The van der Waals surface area contributed by atoms with E-state index in [9.17, 15) is 19.0 Å². The van der Waals surface area contributed by atoms with Gasteiger partial charge in [0.25, 0.3) is 0 Å². The first-order valence-electron chi connectivity index (χ1n) is 28.0. The first-order chi connectivity index (χ1) is 34.8. The molecule has 0 aromatic heterocycles. The predicted molar refractivity (Wildman–Crippen MR) is 302 cm³/mol. The summed E-state index contributed by atoms with van der Waals surface area (Å²) in [6.45, 7) is 3.58. The number of carbonyl (C=O) groups excluding carboxylic acids is 2. The molecule has 0 saturated carbocycles. The maximum absolute atomic E-state index is 12.7. The summed E-state index contributed by atoms with van der Waals surface area (Å²) < 4.78 is 32.9. The molecule has 0 heterocycles. The van der Waals surface area contributed by atoms with Crippen molar-refractivity contribution in [3.05, 3.63) is 122 Å². The van der Waals surface area contributed by atoms with Crippen molar-refractivity contribution in [2.45, 2.75) is 225 Å². The Morgan fingerprint density at radius 2 is 0.775 bits per heavy atom. The van der Waals surface area contributed by atoms with E-state index in [-0.39, 0.29) is 32.6 Å². The Morgan fingerprint density at radius 3 is 1.15 bits per heavy atom. The van der Waals surface area contributed by atoms with E-state index in [1.807, 2.05) is 0 Å². The van der Waals surface area contributed by atoms with E-state index < -0.39 is 32.5 Å². The maximum Gasteiger partial charge on any atom is 0.472 e. The summed E-state index contributed by atoms with van der Waals surface area (Å²) in [5, 5.41) is 0. The molecule has 0 bridgehead atoms. The molecule has 0 spiro atoms. The average Bonchev–Trinajstić information content (AvgIpc) is 3.36. The molecule has 404 valence electrons. The third-order valence-electron chi connectivity index (χ3n) is 11.4. The summed E-state index contributed by atoms with van der Waals surface area (Å²) >= 11 is 0. The number of phosphoric acid groups is 1. The van der Waals surface area contributed by atoms with Crippen molar-refractivity contribution in [3.8, 4) is 0 Å². The van der Waals surface area contributed by atoms with Crippen molar-refractivity contribution in [2.75, 3.05) is 26.4 Å². The molecule has 0 rings (SSSR count). The first kappa shape index (κ1) is 67.4. The molecular weight excluding hydrogens is 906 g/mol. The molecule has 71 heavy (non-hydrogen) atoms. The lowest BCUT2D eigenvalue weighted by Gasteiger charge is -2.19. The van der Waals surface area contributed by atoms with Gasteiger partial charge >= 0.3 is 19.8 Å². The van der Waals surface area contributed by atoms with Gasteiger partial charge in [-0.05, 0) is 89.9 Å². The summed E-state index contributed by atoms with van der Waals surface area (Å²) in [6, 6.07) is 0. The van der Waals surface area contributed by atoms with Gasteiger partial charge in [-0.1, -0.05) is 238 Å². The minimum Gasteiger partial charge on any atom is -0.462 e. The molecule has 0 aliphatic heterocycles. The van der Waals surface area contributed by atoms with Crippen LogP contribution in [0, 0.1) is 0 Å². The monoisotopic (exact) mass is 1010 g/mol. The summed E-state index contributed by atoms with van der Waals surface area (Å²) in [4.78, 5) is 35.1. The van der Waals surface area contributed by atoms with Crippen LogP contribution in [0.1, 0.15) is 219 Å². The van der Waals surface area contributed by atoms with Gasteiger partial charge in [0.15, 0.2) is 6.10 Å². The van der Waals surface area contributed by atoms with Crippen LogP contribution >= 0.6 is 7.82 Å². The van der Waals surface area contributed by atoms with Crippen LogP contribution in [0.4, 0.5) is 0 Å². The van der Waals surface area contributed by atoms with Gasteiger partial charge in [-0.15, -0.1) is 0 Å². The Balaban J connectivity index is 4.13. The van der Waals surface area contributed by atoms with Crippen molar-refractivity contribution in [1.29, 1.82) is 0 Å². The lowest BCUT2D eigenvalue weighted by Crippen LogP contribution is -2.29. The molecule has 0 aromatic carbocycles. The Morgan fingerprint density at radius 1 is 0.437 bits per heavy atom. The quantitative estimate of drug-likeness (QED) is 0.0264. The number of allylic oxidation sites excluding steroid dienone is 20. The van der Waals surface area contributed by atoms with E-state index in [0.29, 0.717) is 6.42 Å². The molecule has 0 aromatic rings. The second-order valence-corrected chi connectivity index (χ2v) is 19.5. The molecule has 2 atom stereocenters. The summed E-state index contributed by atoms with van der Waals surface area (Å²) in [6.07, 6.45) is 76.8. The van der Waals surface area contributed by atoms with Crippen LogP contribution in [0.2, 0.25) is 0 Å². The fourth-order valence-corrected chi connectivity index (χ4v) is 8.02. The van der Waals surface area contributed by atoms with E-state index in [4.69, 9.17) is 24.3 Å². The van der Waals surface area contributed by atoms with Crippen molar-refractivity contribution >= 4 is 19.8 Å². The Kier molecular flexibility index (Phi) is 52.9. The molecule has 3 N–H and O–H groups in total. The SMILES string of the molecule is CC/C=C\C/C=C\C/C=C\C/C=C\C/C=C\C/C=C\C/C=C\C/C=C\C/C=C\C/C=C\CCCCC(=O)OC(COC(=O)CCCCCCCCCCCCCCCCCCC)COP(=O)(O)OCCN. The number of rotatable bonds is 51. The van der Waals surface area contributed by atoms with Crippen molar-refractivity contribution in [3.63, 3.8) is 0 Å². The minimum atomic E-state index is -4.40. The molecule has 0 amide bonds. The molecule has 9 nitrogen and oxygen atoms in total. The van der Waals surface area contributed by atoms with Crippen LogP contribution in [-0.2, 0) is 32.7 Å². The molecule has 0 aliphatic rings. The lowest BCUT2D eigenvalue weighted by atomic mass is 10.0. The molecule has 0 saturated heterocycles. The van der Waals surface area contributed by atoms with Gasteiger partial charge in [-0.2, -0.15) is 0 Å². The molecule has 10 heteroatoms. The third-order valence-corrected chi connectivity index (χ3v) is 12.3. The van der Waals surface area contributed by atoms with Crippen LogP contribution in [0.15, 0.2) is 122 Å². The maximum atomic E-state index is 12.7. The third kappa shape index (κ3) is 55.6. The van der Waals surface area contributed by atoms with Crippen LogP contribution in [0.25, 0.3) is 0 Å². The largest absolute Gasteiger partial charge is 0.472 e. The van der Waals surface area contributed by atoms with Gasteiger partial charge in [0.1, 0.15) is 6.61 Å². The second kappa shape index (κ2) is 55.7. The van der Waals surface area contributed by atoms with Gasteiger partial charge in [0, 0.05) is 19.4 Å². The Bertz CT molecular complexity index is 1570. The summed E-state index contributed by atoms with van der Waals surface area (Å²) in [7, 11) is -4.40. The first-order valence-corrected chi connectivity index (χ1v) is 29.5. The minimum absolute atomic E-state index is 0.0408. The highest BCUT2D eigenvalue weighted by atomic mass is 31.2. The molecule has 0 radical (unpaired) electrons. The van der Waals surface area contributed by atoms with Crippen LogP contribution in [-0.4, -0.2) is 49.3 Å². The average molecular weight is 1010 g/mol. The van der Waals surface area contributed by atoms with Gasteiger partial charge in [0.2, 0.25) is 0 Å². The fraction of sp³-hybridized carbons (Fsp3) is 0.639. The standard InChI is InChI=1S/C61H102NO8P/c1-3-5-7-9-11-13-15-17-19-21-22-23-24-25-26-27-28-29-30-31-32-33-34-35-36-38-40-42-44-46-48-50-52-54-61(64)70-59(58-69-71(65,66)68-56-55-62)57-67-60(63)53-51-49-47-45-43-41-39-37-20-18-16-14-12-10-8-6-4-2/h5,7,11,13,17,19,22-23,25-26,28-29,31-32,34-35,38,40,44,46,59H,3-4,6,8-10,12,14-16,18,20-21,24,27,30,33,36-37,39,41-43,45,47-58,62H2,1-2H3,(H,65,66)/b7-5-,13-11-,19-17-,23-22-,26-25-,29-28-,32-31-,35-34-,40-38-,46-44-. The smallest absolute Gasteiger partial charge is 0.462 e. The van der Waals surface area contributed by atoms with E-state index in [2.05, 4.69) is 135 Å². The lowest BCUT2D eigenvalue weighted by molar-refractivity contribution is -0.161. The predicted octanol–water partition coefficient (Wildman–Crippen LogP) is 17.6. The fourth-order valence-electron chi connectivity index (χ4n) is 7.25. The van der Waals surface area contributed by atoms with Crippen LogP contribution in [0.3, 0.4) is 0 Å². The van der Waals surface area contributed by atoms with E-state index in [1.165, 1.54) is 89.9 Å². The van der Waals surface area contributed by atoms with E-state index in [1.54, 1.807) is 0 Å². The van der Waals surface area contributed by atoms with E-state index in [0.717, 1.165) is 96.3 Å². The van der Waals surface area contributed by atoms with Crippen LogP contribution < -0.4 is 5.73 Å². The van der Waals surface area contributed by atoms with E-state index >= 15 is 0 Å². The molecule has 0 fully saturated rings. The number of nitrogens with two attached hydrogens (primary N) is 1. The summed E-state index contributed by atoms with van der Waals surface area (Å²) in [5.74, 6) is -0.882. The van der Waals surface area contributed by atoms with Gasteiger partial charge < -0.3 is 20.1 Å². The number of ether oxygens (including phenoxy) is 2. The number of carbonyl (C=O) groups is 2. The topological polar surface area (TPSA) is 134 Å².